The molecule has 0 aromatic carbocycles. The molecule has 0 aromatic heterocycles. The Bertz CT molecular complexity index is 177. The maximum Gasteiger partial charge on any atom is 0.281 e. The van der Waals surface area contributed by atoms with Crippen LogP contribution in [-0.2, 0) is 10.1 Å². The highest BCUT2D eigenvalue weighted by Crippen LogP contribution is 2.11. The zero-order valence-electron chi connectivity index (χ0n) is 5.13. The molecule has 0 fully saturated rings. The second kappa shape index (κ2) is 4.38. The fourth-order valence-corrected chi connectivity index (χ4v) is 1.16. The lowest BCUT2D eigenvalue weighted by Gasteiger charge is -2.02. The molecule has 1 unspecified atom stereocenters. The molecule has 1 atom stereocenters. The highest BCUT2D eigenvalue weighted by atomic mass is 35.5. The van der Waals surface area contributed by atoms with Crippen molar-refractivity contribution in [3.8, 4) is 0 Å². The molecule has 0 aliphatic rings. The Hall–Kier alpha value is 0.490. The van der Waals surface area contributed by atoms with Crippen LogP contribution in [0.15, 0.2) is 0 Å². The van der Waals surface area contributed by atoms with Crippen molar-refractivity contribution in [2.45, 2.75) is 17.6 Å². The van der Waals surface area contributed by atoms with Crippen LogP contribution in [0.25, 0.3) is 0 Å². The first-order valence-corrected chi connectivity index (χ1v) is 5.12. The van der Waals surface area contributed by atoms with Gasteiger partial charge in [-0.15, -0.1) is 23.2 Å². The van der Waals surface area contributed by atoms with Crippen molar-refractivity contribution in [1.29, 1.82) is 0 Å². The second-order valence-electron chi connectivity index (χ2n) is 1.76. The molecule has 0 heterocycles. The monoisotopic (exact) mass is 206 g/mol. The molecule has 1 N–H and O–H groups in total. The largest absolute Gasteiger partial charge is 0.284 e. The van der Waals surface area contributed by atoms with Crippen LogP contribution in [0.5, 0.6) is 0 Å². The van der Waals surface area contributed by atoms with E-state index in [0.717, 1.165) is 0 Å². The summed E-state index contributed by atoms with van der Waals surface area (Å²) in [5, 5.41) is 0. The lowest BCUT2D eigenvalue weighted by molar-refractivity contribution is 0.476. The summed E-state index contributed by atoms with van der Waals surface area (Å²) in [5.41, 5.74) is 0. The quantitative estimate of drug-likeness (QED) is 0.560. The predicted molar refractivity (Wildman–Crippen MR) is 41.1 cm³/mol. The van der Waals surface area contributed by atoms with Crippen LogP contribution in [0, 0.1) is 0 Å². The molecular formula is C4H8Cl2O3S. The molecule has 3 nitrogen and oxygen atoms in total. The number of hydrogen-bond donors (Lipinski definition) is 1. The first-order valence-electron chi connectivity index (χ1n) is 2.65. The van der Waals surface area contributed by atoms with Gasteiger partial charge in [0.2, 0.25) is 0 Å². The minimum absolute atomic E-state index is 0.184. The molecular weight excluding hydrogens is 199 g/mol. The molecule has 0 spiro atoms. The van der Waals surface area contributed by atoms with E-state index in [2.05, 4.69) is 0 Å². The van der Waals surface area contributed by atoms with E-state index in [1.54, 1.807) is 0 Å². The fraction of sp³-hybridized carbons (Fsp3) is 1.00. The van der Waals surface area contributed by atoms with Gasteiger partial charge in [0.15, 0.2) is 4.71 Å². The van der Waals surface area contributed by atoms with Crippen molar-refractivity contribution in [2.24, 2.45) is 0 Å². The van der Waals surface area contributed by atoms with E-state index in [4.69, 9.17) is 27.8 Å². The minimum atomic E-state index is -4.07. The summed E-state index contributed by atoms with van der Waals surface area (Å²) in [7, 11) is -4.07. The SMILES string of the molecule is O=S(=O)(O)C(Cl)CCCCl. The Morgan fingerprint density at radius 3 is 2.30 bits per heavy atom. The summed E-state index contributed by atoms with van der Waals surface area (Å²) in [5.74, 6) is 0.346. The number of rotatable bonds is 4. The molecule has 0 aliphatic heterocycles. The van der Waals surface area contributed by atoms with Crippen LogP contribution in [0.3, 0.4) is 0 Å². The Balaban J connectivity index is 3.75. The summed E-state index contributed by atoms with van der Waals surface area (Å²) in [6.07, 6.45) is 0.666. The van der Waals surface area contributed by atoms with Gasteiger partial charge < -0.3 is 0 Å². The number of halogens is 2. The summed E-state index contributed by atoms with van der Waals surface area (Å²) < 4.78 is 27.5. The molecule has 62 valence electrons. The zero-order chi connectivity index (χ0) is 8.20. The Labute approximate surface area is 70.1 Å². The van der Waals surface area contributed by atoms with Crippen molar-refractivity contribution in [2.75, 3.05) is 5.88 Å². The molecule has 0 rings (SSSR count). The maximum atomic E-state index is 10.2. The fourth-order valence-electron chi connectivity index (χ4n) is 0.387. The Kier molecular flexibility index (Phi) is 4.60. The van der Waals surface area contributed by atoms with Gasteiger partial charge in [0, 0.05) is 5.88 Å². The normalized spacial score (nSPS) is 15.1. The van der Waals surface area contributed by atoms with Crippen LogP contribution in [-0.4, -0.2) is 23.6 Å². The van der Waals surface area contributed by atoms with Crippen molar-refractivity contribution < 1.29 is 13.0 Å². The molecule has 10 heavy (non-hydrogen) atoms. The molecule has 0 saturated carbocycles. The van der Waals surface area contributed by atoms with Crippen LogP contribution in [0.2, 0.25) is 0 Å². The first-order chi connectivity index (χ1) is 4.48. The van der Waals surface area contributed by atoms with Crippen LogP contribution >= 0.6 is 23.2 Å². The third kappa shape index (κ3) is 4.33. The van der Waals surface area contributed by atoms with Gasteiger partial charge in [-0.05, 0) is 12.8 Å². The molecule has 0 amide bonds. The lowest BCUT2D eigenvalue weighted by atomic mass is 10.4. The van der Waals surface area contributed by atoms with Crippen molar-refractivity contribution >= 4 is 33.3 Å². The molecule has 0 aromatic rings. The third-order valence-corrected chi connectivity index (χ3v) is 2.93. The third-order valence-electron chi connectivity index (χ3n) is 0.888. The van der Waals surface area contributed by atoms with E-state index < -0.39 is 14.8 Å². The summed E-state index contributed by atoms with van der Waals surface area (Å²) >= 11 is 10.5. The summed E-state index contributed by atoms with van der Waals surface area (Å²) in [4.78, 5) is 0. The van der Waals surface area contributed by atoms with Gasteiger partial charge >= 0.3 is 0 Å². The molecule has 0 radical (unpaired) electrons. The molecule has 0 bridgehead atoms. The molecule has 0 saturated heterocycles. The van der Waals surface area contributed by atoms with Crippen LogP contribution in [0.1, 0.15) is 12.8 Å². The highest BCUT2D eigenvalue weighted by molar-refractivity contribution is 7.87. The van der Waals surface area contributed by atoms with Gasteiger partial charge in [0.25, 0.3) is 10.1 Å². The second-order valence-corrected chi connectivity index (χ2v) is 4.52. The van der Waals surface area contributed by atoms with Gasteiger partial charge in [-0.3, -0.25) is 4.55 Å². The van der Waals surface area contributed by atoms with E-state index in [1.807, 2.05) is 0 Å². The van der Waals surface area contributed by atoms with E-state index in [1.165, 1.54) is 0 Å². The highest BCUT2D eigenvalue weighted by Gasteiger charge is 2.18. The van der Waals surface area contributed by atoms with Gasteiger partial charge in [-0.2, -0.15) is 8.42 Å². The smallest absolute Gasteiger partial charge is 0.281 e. The van der Waals surface area contributed by atoms with Crippen molar-refractivity contribution in [3.63, 3.8) is 0 Å². The topological polar surface area (TPSA) is 54.4 Å². The van der Waals surface area contributed by atoms with E-state index >= 15 is 0 Å². The Morgan fingerprint density at radius 1 is 1.50 bits per heavy atom. The van der Waals surface area contributed by atoms with Crippen LogP contribution in [0.4, 0.5) is 0 Å². The maximum absolute atomic E-state index is 10.2. The van der Waals surface area contributed by atoms with Crippen molar-refractivity contribution in [1.82, 2.24) is 0 Å². The average Bonchev–Trinajstić information content (AvgIpc) is 1.80. The average molecular weight is 207 g/mol. The van der Waals surface area contributed by atoms with Gasteiger partial charge in [0.05, 0.1) is 0 Å². The number of hydrogen-bond acceptors (Lipinski definition) is 2. The van der Waals surface area contributed by atoms with Gasteiger partial charge in [0.1, 0.15) is 0 Å². The van der Waals surface area contributed by atoms with Gasteiger partial charge in [-0.1, -0.05) is 0 Å². The first kappa shape index (κ1) is 10.5. The number of alkyl halides is 2. The van der Waals surface area contributed by atoms with Gasteiger partial charge in [-0.25, -0.2) is 0 Å². The van der Waals surface area contributed by atoms with E-state index in [0.29, 0.717) is 12.3 Å². The minimum Gasteiger partial charge on any atom is -0.284 e. The lowest BCUT2D eigenvalue weighted by Crippen LogP contribution is -2.13. The zero-order valence-corrected chi connectivity index (χ0v) is 7.45. The molecule has 6 heteroatoms. The molecule has 0 aliphatic carbocycles. The standard InChI is InChI=1S/C4H8Cl2O3S/c5-3-1-2-4(6)10(7,8)9/h4H,1-3H2,(H,7,8,9). The predicted octanol–water partition coefficient (Wildman–Crippen LogP) is 1.46. The Morgan fingerprint density at radius 2 is 2.00 bits per heavy atom. The summed E-state index contributed by atoms with van der Waals surface area (Å²) in [6, 6.07) is 0. The van der Waals surface area contributed by atoms with Crippen LogP contribution < -0.4 is 0 Å². The van der Waals surface area contributed by atoms with Crippen molar-refractivity contribution in [3.05, 3.63) is 0 Å². The summed E-state index contributed by atoms with van der Waals surface area (Å²) in [6.45, 7) is 0. The van der Waals surface area contributed by atoms with E-state index in [9.17, 15) is 8.42 Å². The van der Waals surface area contributed by atoms with E-state index in [-0.39, 0.29) is 6.42 Å².